The summed E-state index contributed by atoms with van der Waals surface area (Å²) < 4.78 is 55.4. The molecule has 0 heterocycles. The van der Waals surface area contributed by atoms with E-state index in [1.807, 2.05) is 4.72 Å². The molecule has 7 nitrogen and oxygen atoms in total. The Labute approximate surface area is 213 Å². The highest BCUT2D eigenvalue weighted by molar-refractivity contribution is 7.92. The van der Waals surface area contributed by atoms with E-state index in [4.69, 9.17) is 34.8 Å². The average Bonchev–Trinajstić information content (AvgIpc) is 2.75. The highest BCUT2D eigenvalue weighted by atomic mass is 35.5. The van der Waals surface area contributed by atoms with Gasteiger partial charge in [0, 0.05) is 11.4 Å². The van der Waals surface area contributed by atoms with E-state index in [1.54, 1.807) is 0 Å². The quantitative estimate of drug-likeness (QED) is 0.351. The maximum absolute atomic E-state index is 14.1. The first kappa shape index (κ1) is 26.7. The Morgan fingerprint density at radius 1 is 0.943 bits per heavy atom. The zero-order chi connectivity index (χ0) is 25.9. The molecule has 0 saturated carbocycles. The van der Waals surface area contributed by atoms with Crippen LogP contribution in [0.2, 0.25) is 15.1 Å². The summed E-state index contributed by atoms with van der Waals surface area (Å²) in [4.78, 5) is 23.4. The fraction of sp³-hybridized carbons (Fsp3) is 0.0909. The first-order chi connectivity index (χ1) is 16.4. The molecule has 3 aromatic rings. The monoisotopic (exact) mass is 562 g/mol. The standard InChI is InChI=1S/C22H15Cl3F2N2O5S/c23-12-5-6-13(18(10-12)29-35(33,34)20-16(26)2-1-3-17(20)27)21(30)28-19(22(31)32)9-11-4-7-14(24)15(25)8-11/h1-8,10,19,29H,9H2,(H,28,30)(H,31,32)/t19-/m1/s1. The summed E-state index contributed by atoms with van der Waals surface area (Å²) in [5, 5.41) is 12.3. The predicted molar refractivity (Wildman–Crippen MR) is 128 cm³/mol. The van der Waals surface area contributed by atoms with Crippen molar-refractivity contribution in [3.8, 4) is 0 Å². The van der Waals surface area contributed by atoms with E-state index in [9.17, 15) is 31.9 Å². The van der Waals surface area contributed by atoms with Crippen molar-refractivity contribution in [2.75, 3.05) is 4.72 Å². The van der Waals surface area contributed by atoms with Crippen molar-refractivity contribution < 1.29 is 31.9 Å². The van der Waals surface area contributed by atoms with Crippen LogP contribution in [-0.4, -0.2) is 31.4 Å². The van der Waals surface area contributed by atoms with Gasteiger partial charge in [0.05, 0.1) is 21.3 Å². The second-order valence-corrected chi connectivity index (χ2v) is 10.0. The van der Waals surface area contributed by atoms with Crippen LogP contribution in [-0.2, 0) is 21.2 Å². The van der Waals surface area contributed by atoms with Gasteiger partial charge in [-0.3, -0.25) is 9.52 Å². The van der Waals surface area contributed by atoms with Crippen molar-refractivity contribution in [2.45, 2.75) is 17.4 Å². The molecular weight excluding hydrogens is 549 g/mol. The van der Waals surface area contributed by atoms with Gasteiger partial charge in [-0.1, -0.05) is 46.9 Å². The van der Waals surface area contributed by atoms with Gasteiger partial charge in [-0.15, -0.1) is 0 Å². The van der Waals surface area contributed by atoms with Gasteiger partial charge in [0.2, 0.25) is 0 Å². The summed E-state index contributed by atoms with van der Waals surface area (Å²) in [6.07, 6.45) is -0.174. The fourth-order valence-electron chi connectivity index (χ4n) is 3.07. The minimum atomic E-state index is -4.83. The molecule has 0 saturated heterocycles. The van der Waals surface area contributed by atoms with Gasteiger partial charge >= 0.3 is 5.97 Å². The third-order valence-corrected chi connectivity index (χ3v) is 7.08. The molecule has 3 aromatic carbocycles. The molecule has 3 N–H and O–H groups in total. The maximum atomic E-state index is 14.1. The molecule has 0 aliphatic carbocycles. The van der Waals surface area contributed by atoms with Crippen LogP contribution in [0.4, 0.5) is 14.5 Å². The highest BCUT2D eigenvalue weighted by Crippen LogP contribution is 2.27. The molecular formula is C22H15Cl3F2N2O5S. The lowest BCUT2D eigenvalue weighted by Crippen LogP contribution is -2.42. The van der Waals surface area contributed by atoms with Crippen LogP contribution in [0, 0.1) is 11.6 Å². The molecule has 1 atom stereocenters. The predicted octanol–water partition coefficient (Wildman–Crippen LogP) is 5.15. The Morgan fingerprint density at radius 2 is 1.60 bits per heavy atom. The third-order valence-electron chi connectivity index (χ3n) is 4.69. The number of carboxylic acid groups (broad SMARTS) is 1. The number of hydrogen-bond acceptors (Lipinski definition) is 4. The van der Waals surface area contributed by atoms with Gasteiger partial charge in [0.15, 0.2) is 4.90 Å². The van der Waals surface area contributed by atoms with Crippen LogP contribution in [0.3, 0.4) is 0 Å². The number of rotatable bonds is 8. The molecule has 0 radical (unpaired) electrons. The Hall–Kier alpha value is -2.92. The Kier molecular flexibility index (Phi) is 8.22. The number of amides is 1. The maximum Gasteiger partial charge on any atom is 0.326 e. The van der Waals surface area contributed by atoms with Gasteiger partial charge in [-0.25, -0.2) is 22.0 Å². The topological polar surface area (TPSA) is 113 Å². The lowest BCUT2D eigenvalue weighted by molar-refractivity contribution is -0.139. The molecule has 0 aromatic heterocycles. The normalized spacial score (nSPS) is 12.1. The lowest BCUT2D eigenvalue weighted by Gasteiger charge is -2.18. The first-order valence-electron chi connectivity index (χ1n) is 9.63. The largest absolute Gasteiger partial charge is 0.480 e. The number of hydrogen-bond donors (Lipinski definition) is 3. The molecule has 0 spiro atoms. The summed E-state index contributed by atoms with van der Waals surface area (Å²) in [6.45, 7) is 0. The smallest absolute Gasteiger partial charge is 0.326 e. The van der Waals surface area contributed by atoms with Crippen molar-refractivity contribution in [2.24, 2.45) is 0 Å². The molecule has 3 rings (SSSR count). The van der Waals surface area contributed by atoms with Gasteiger partial charge in [-0.05, 0) is 48.0 Å². The number of sulfonamides is 1. The molecule has 184 valence electrons. The third kappa shape index (κ3) is 6.40. The number of nitrogens with one attached hydrogen (secondary N) is 2. The molecule has 1 amide bonds. The van der Waals surface area contributed by atoms with Crippen LogP contribution in [0.15, 0.2) is 59.5 Å². The number of benzene rings is 3. The zero-order valence-corrected chi connectivity index (χ0v) is 20.4. The van der Waals surface area contributed by atoms with E-state index in [1.165, 1.54) is 24.3 Å². The number of halogens is 5. The van der Waals surface area contributed by atoms with E-state index in [-0.39, 0.29) is 27.1 Å². The van der Waals surface area contributed by atoms with Crippen LogP contribution >= 0.6 is 34.8 Å². The van der Waals surface area contributed by atoms with E-state index in [2.05, 4.69) is 5.32 Å². The van der Waals surface area contributed by atoms with Crippen molar-refractivity contribution in [1.29, 1.82) is 0 Å². The molecule has 0 unspecified atom stereocenters. The number of carbonyl (C=O) groups excluding carboxylic acids is 1. The van der Waals surface area contributed by atoms with Gasteiger partial charge in [0.25, 0.3) is 15.9 Å². The second kappa shape index (κ2) is 10.8. The van der Waals surface area contributed by atoms with Gasteiger partial charge < -0.3 is 10.4 Å². The van der Waals surface area contributed by atoms with Crippen LogP contribution in [0.1, 0.15) is 15.9 Å². The number of aliphatic carboxylic acids is 1. The number of anilines is 1. The summed E-state index contributed by atoms with van der Waals surface area (Å²) >= 11 is 17.7. The zero-order valence-electron chi connectivity index (χ0n) is 17.4. The van der Waals surface area contributed by atoms with E-state index in [0.717, 1.165) is 30.3 Å². The second-order valence-electron chi connectivity index (χ2n) is 7.16. The summed E-state index contributed by atoms with van der Waals surface area (Å²) in [5.74, 6) is -5.06. The highest BCUT2D eigenvalue weighted by Gasteiger charge is 2.27. The Morgan fingerprint density at radius 3 is 2.20 bits per heavy atom. The Balaban J connectivity index is 1.91. The number of carboxylic acids is 1. The molecule has 0 bridgehead atoms. The van der Waals surface area contributed by atoms with Crippen molar-refractivity contribution in [1.82, 2.24) is 5.32 Å². The SMILES string of the molecule is O=C(N[C@H](Cc1ccc(Cl)c(Cl)c1)C(=O)O)c1ccc(Cl)cc1NS(=O)(=O)c1c(F)cccc1F. The van der Waals surface area contributed by atoms with E-state index >= 15 is 0 Å². The minimum absolute atomic E-state index is 0.00107. The van der Waals surface area contributed by atoms with E-state index < -0.39 is 50.2 Å². The minimum Gasteiger partial charge on any atom is -0.480 e. The van der Waals surface area contributed by atoms with Crippen LogP contribution in [0.5, 0.6) is 0 Å². The average molecular weight is 564 g/mol. The molecule has 13 heteroatoms. The van der Waals surface area contributed by atoms with Gasteiger partial charge in [-0.2, -0.15) is 0 Å². The molecule has 0 aliphatic heterocycles. The molecule has 0 fully saturated rings. The summed E-state index contributed by atoms with van der Waals surface area (Å²) in [7, 11) is -4.83. The lowest BCUT2D eigenvalue weighted by atomic mass is 10.1. The fourth-order valence-corrected chi connectivity index (χ4v) is 4.78. The first-order valence-corrected chi connectivity index (χ1v) is 12.2. The van der Waals surface area contributed by atoms with Crippen LogP contribution in [0.25, 0.3) is 0 Å². The van der Waals surface area contributed by atoms with Gasteiger partial charge in [0.1, 0.15) is 17.7 Å². The van der Waals surface area contributed by atoms with E-state index in [0.29, 0.717) is 5.56 Å². The molecule has 0 aliphatic rings. The Bertz CT molecular complexity index is 1400. The van der Waals surface area contributed by atoms with Crippen molar-refractivity contribution in [3.05, 3.63) is 92.4 Å². The number of carbonyl (C=O) groups is 2. The summed E-state index contributed by atoms with van der Waals surface area (Å²) in [6, 6.07) is 8.92. The summed E-state index contributed by atoms with van der Waals surface area (Å²) in [5.41, 5.74) is -0.300. The van der Waals surface area contributed by atoms with Crippen molar-refractivity contribution in [3.63, 3.8) is 0 Å². The van der Waals surface area contributed by atoms with Crippen LogP contribution < -0.4 is 10.0 Å². The molecule has 35 heavy (non-hydrogen) atoms. The van der Waals surface area contributed by atoms with Crippen molar-refractivity contribution >= 4 is 62.4 Å².